The standard InChI is InChI=1S/C23H26N2O6/c1-23(2,21(27)28)25-20(26)19(13-30-3)24-22(29)31-12-18-16-10-6-4-8-14(16)15-9-5-7-11-17(15)18/h4-11,18-19H,12-13H2,1-3H3,(H,24,29)(H,25,26)(H,27,28)/t19-/m0/s1. The lowest BCUT2D eigenvalue weighted by Gasteiger charge is -2.25. The molecule has 0 heterocycles. The van der Waals surface area contributed by atoms with Gasteiger partial charge in [-0.25, -0.2) is 9.59 Å². The Morgan fingerprint density at radius 1 is 1.03 bits per heavy atom. The maximum atomic E-state index is 12.5. The summed E-state index contributed by atoms with van der Waals surface area (Å²) in [5.74, 6) is -1.99. The molecule has 164 valence electrons. The summed E-state index contributed by atoms with van der Waals surface area (Å²) in [6, 6.07) is 14.8. The number of carbonyl (C=O) groups is 3. The van der Waals surface area contributed by atoms with Crippen LogP contribution in [0.15, 0.2) is 48.5 Å². The van der Waals surface area contributed by atoms with Gasteiger partial charge in [0.2, 0.25) is 5.91 Å². The Hall–Kier alpha value is -3.39. The number of hydrogen-bond acceptors (Lipinski definition) is 5. The van der Waals surface area contributed by atoms with Gasteiger partial charge in [-0.3, -0.25) is 4.79 Å². The molecule has 0 aliphatic heterocycles. The normalized spacial score (nSPS) is 13.6. The van der Waals surface area contributed by atoms with Gasteiger partial charge in [0.15, 0.2) is 0 Å². The number of rotatable bonds is 8. The van der Waals surface area contributed by atoms with Crippen LogP contribution in [0.5, 0.6) is 0 Å². The van der Waals surface area contributed by atoms with E-state index in [1.807, 2.05) is 48.5 Å². The van der Waals surface area contributed by atoms with Gasteiger partial charge < -0.3 is 25.2 Å². The number of benzene rings is 2. The lowest BCUT2D eigenvalue weighted by Crippen LogP contribution is -2.57. The molecule has 0 fully saturated rings. The lowest BCUT2D eigenvalue weighted by atomic mass is 9.98. The third-order valence-corrected chi connectivity index (χ3v) is 5.26. The number of fused-ring (bicyclic) bond motifs is 3. The van der Waals surface area contributed by atoms with Gasteiger partial charge in [0.25, 0.3) is 0 Å². The van der Waals surface area contributed by atoms with Crippen molar-refractivity contribution in [3.8, 4) is 11.1 Å². The van der Waals surface area contributed by atoms with E-state index in [1.165, 1.54) is 21.0 Å². The van der Waals surface area contributed by atoms with Gasteiger partial charge in [-0.05, 0) is 36.1 Å². The molecule has 0 spiro atoms. The fourth-order valence-electron chi connectivity index (χ4n) is 3.58. The van der Waals surface area contributed by atoms with Crippen LogP contribution >= 0.6 is 0 Å². The van der Waals surface area contributed by atoms with Crippen LogP contribution in [0.3, 0.4) is 0 Å². The van der Waals surface area contributed by atoms with Crippen molar-refractivity contribution in [1.29, 1.82) is 0 Å². The summed E-state index contributed by atoms with van der Waals surface area (Å²) >= 11 is 0. The fourth-order valence-corrected chi connectivity index (χ4v) is 3.58. The number of hydrogen-bond donors (Lipinski definition) is 3. The van der Waals surface area contributed by atoms with Crippen molar-refractivity contribution in [1.82, 2.24) is 10.6 Å². The molecule has 0 aromatic heterocycles. The molecule has 8 heteroatoms. The summed E-state index contributed by atoms with van der Waals surface area (Å²) in [5, 5.41) is 14.0. The highest BCUT2D eigenvalue weighted by Gasteiger charge is 2.33. The van der Waals surface area contributed by atoms with Crippen LogP contribution in [-0.2, 0) is 19.1 Å². The highest BCUT2D eigenvalue weighted by atomic mass is 16.5. The first-order valence-corrected chi connectivity index (χ1v) is 9.90. The van der Waals surface area contributed by atoms with Crippen molar-refractivity contribution >= 4 is 18.0 Å². The van der Waals surface area contributed by atoms with Crippen molar-refractivity contribution in [3.05, 3.63) is 59.7 Å². The molecule has 3 rings (SSSR count). The highest BCUT2D eigenvalue weighted by Crippen LogP contribution is 2.44. The maximum absolute atomic E-state index is 12.5. The van der Waals surface area contributed by atoms with Gasteiger partial charge in [-0.2, -0.15) is 0 Å². The van der Waals surface area contributed by atoms with Crippen LogP contribution in [0.1, 0.15) is 30.9 Å². The van der Waals surface area contributed by atoms with E-state index in [0.717, 1.165) is 22.3 Å². The van der Waals surface area contributed by atoms with Gasteiger partial charge in [0.1, 0.15) is 18.2 Å². The Labute approximate surface area is 180 Å². The zero-order valence-corrected chi connectivity index (χ0v) is 17.7. The lowest BCUT2D eigenvalue weighted by molar-refractivity contribution is -0.146. The first-order valence-electron chi connectivity index (χ1n) is 9.90. The van der Waals surface area contributed by atoms with Gasteiger partial charge >= 0.3 is 12.1 Å². The smallest absolute Gasteiger partial charge is 0.407 e. The van der Waals surface area contributed by atoms with Crippen molar-refractivity contribution in [2.24, 2.45) is 0 Å². The molecule has 2 aromatic carbocycles. The van der Waals surface area contributed by atoms with E-state index in [-0.39, 0.29) is 19.1 Å². The molecule has 2 aromatic rings. The molecule has 0 unspecified atom stereocenters. The zero-order valence-electron chi connectivity index (χ0n) is 17.7. The van der Waals surface area contributed by atoms with Crippen LogP contribution in [0.2, 0.25) is 0 Å². The second-order valence-corrected chi connectivity index (χ2v) is 7.90. The highest BCUT2D eigenvalue weighted by molar-refractivity contribution is 5.91. The Bertz CT molecular complexity index is 942. The van der Waals surface area contributed by atoms with Crippen LogP contribution < -0.4 is 10.6 Å². The number of carboxylic acid groups (broad SMARTS) is 1. The summed E-state index contributed by atoms with van der Waals surface area (Å²) in [7, 11) is 1.38. The Morgan fingerprint density at radius 2 is 1.58 bits per heavy atom. The molecule has 0 saturated carbocycles. The molecule has 2 amide bonds. The second kappa shape index (κ2) is 9.18. The first-order chi connectivity index (χ1) is 14.7. The molecule has 1 aliphatic rings. The summed E-state index contributed by atoms with van der Waals surface area (Å²) < 4.78 is 10.4. The number of carbonyl (C=O) groups excluding carboxylic acids is 2. The predicted molar refractivity (Wildman–Crippen MR) is 114 cm³/mol. The fraction of sp³-hybridized carbons (Fsp3) is 0.348. The minimum atomic E-state index is -1.49. The summed E-state index contributed by atoms with van der Waals surface area (Å²) in [5.41, 5.74) is 2.88. The van der Waals surface area contributed by atoms with E-state index in [2.05, 4.69) is 10.6 Å². The number of nitrogens with one attached hydrogen (secondary N) is 2. The molecule has 0 saturated heterocycles. The molecular weight excluding hydrogens is 400 g/mol. The SMILES string of the molecule is COC[C@H](NC(=O)OCC1c2ccccc2-c2ccccc21)C(=O)NC(C)(C)C(=O)O. The molecule has 8 nitrogen and oxygen atoms in total. The molecule has 0 bridgehead atoms. The topological polar surface area (TPSA) is 114 Å². The molecule has 0 radical (unpaired) electrons. The van der Waals surface area contributed by atoms with Gasteiger partial charge in [-0.1, -0.05) is 48.5 Å². The van der Waals surface area contributed by atoms with Crippen LogP contribution in [0, 0.1) is 0 Å². The van der Waals surface area contributed by atoms with Crippen molar-refractivity contribution in [3.63, 3.8) is 0 Å². The van der Waals surface area contributed by atoms with Crippen molar-refractivity contribution in [2.75, 3.05) is 20.3 Å². The number of alkyl carbamates (subject to hydrolysis) is 1. The Morgan fingerprint density at radius 3 is 2.10 bits per heavy atom. The molecule has 1 aliphatic carbocycles. The largest absolute Gasteiger partial charge is 0.480 e. The molecule has 1 atom stereocenters. The van der Waals surface area contributed by atoms with E-state index in [0.29, 0.717) is 0 Å². The minimum Gasteiger partial charge on any atom is -0.480 e. The maximum Gasteiger partial charge on any atom is 0.407 e. The third kappa shape index (κ3) is 4.86. The van der Waals surface area contributed by atoms with Gasteiger partial charge in [-0.15, -0.1) is 0 Å². The molecule has 3 N–H and O–H groups in total. The van der Waals surface area contributed by atoms with Crippen LogP contribution in [-0.4, -0.2) is 55.0 Å². The number of aliphatic carboxylic acids is 1. The average Bonchev–Trinajstić information content (AvgIpc) is 3.05. The minimum absolute atomic E-state index is 0.0990. The molecule has 31 heavy (non-hydrogen) atoms. The molecular formula is C23H26N2O6. The van der Waals surface area contributed by atoms with E-state index >= 15 is 0 Å². The number of carboxylic acids is 1. The van der Waals surface area contributed by atoms with E-state index in [4.69, 9.17) is 9.47 Å². The van der Waals surface area contributed by atoms with E-state index in [9.17, 15) is 19.5 Å². The number of amides is 2. The summed E-state index contributed by atoms with van der Waals surface area (Å²) in [6.45, 7) is 2.67. The van der Waals surface area contributed by atoms with Crippen molar-refractivity contribution in [2.45, 2.75) is 31.3 Å². The Balaban J connectivity index is 1.66. The predicted octanol–water partition coefficient (Wildman–Crippen LogP) is 2.52. The average molecular weight is 426 g/mol. The number of ether oxygens (including phenoxy) is 2. The quantitative estimate of drug-likeness (QED) is 0.598. The summed E-state index contributed by atoms with van der Waals surface area (Å²) in [6.07, 6.45) is -0.785. The van der Waals surface area contributed by atoms with Crippen LogP contribution in [0.25, 0.3) is 11.1 Å². The van der Waals surface area contributed by atoms with E-state index < -0.39 is 29.6 Å². The summed E-state index contributed by atoms with van der Waals surface area (Å²) in [4.78, 5) is 36.1. The second-order valence-electron chi connectivity index (χ2n) is 7.90. The van der Waals surface area contributed by atoms with Crippen molar-refractivity contribution < 1.29 is 29.0 Å². The number of methoxy groups -OCH3 is 1. The van der Waals surface area contributed by atoms with Gasteiger partial charge in [0.05, 0.1) is 6.61 Å². The first kappa shape index (κ1) is 22.3. The van der Waals surface area contributed by atoms with Gasteiger partial charge in [0, 0.05) is 13.0 Å². The third-order valence-electron chi connectivity index (χ3n) is 5.26. The monoisotopic (exact) mass is 426 g/mol. The van der Waals surface area contributed by atoms with Crippen LogP contribution in [0.4, 0.5) is 4.79 Å². The Kier molecular flexibility index (Phi) is 6.60. The zero-order chi connectivity index (χ0) is 22.6. The van der Waals surface area contributed by atoms with E-state index in [1.54, 1.807) is 0 Å².